The van der Waals surface area contributed by atoms with Crippen LogP contribution in [0, 0.1) is 5.82 Å². The van der Waals surface area contributed by atoms with Gasteiger partial charge in [0, 0.05) is 35.1 Å². The van der Waals surface area contributed by atoms with Crippen LogP contribution in [0.25, 0.3) is 22.3 Å². The molecule has 42 heavy (non-hydrogen) atoms. The van der Waals surface area contributed by atoms with Crippen LogP contribution in [-0.2, 0) is 16.7 Å². The van der Waals surface area contributed by atoms with Gasteiger partial charge in [0.05, 0.1) is 31.5 Å². The smallest absolute Gasteiger partial charge is 0.255 e. The largest absolute Gasteiger partial charge is 0.496 e. The average molecular weight is 568 g/mol. The van der Waals surface area contributed by atoms with Crippen molar-refractivity contribution in [2.45, 2.75) is 12.0 Å². The highest BCUT2D eigenvalue weighted by molar-refractivity contribution is 6.11. The minimum atomic E-state index is -0.844. The second-order valence-electron chi connectivity index (χ2n) is 10.0. The lowest BCUT2D eigenvalue weighted by Crippen LogP contribution is -2.60. The fraction of sp³-hybridized carbons (Fsp3) is 0.161. The number of anilines is 1. The molecule has 6 rings (SSSR count). The molecule has 2 aromatic heterocycles. The van der Waals surface area contributed by atoms with Crippen LogP contribution >= 0.6 is 0 Å². The van der Waals surface area contributed by atoms with Crippen LogP contribution in [0.2, 0.25) is 0 Å². The lowest BCUT2D eigenvalue weighted by Gasteiger charge is -2.40. The maximum Gasteiger partial charge on any atom is 0.255 e. The topological polar surface area (TPSA) is 156 Å². The van der Waals surface area contributed by atoms with E-state index < -0.39 is 17.3 Å². The van der Waals surface area contributed by atoms with E-state index >= 15 is 0 Å². The van der Waals surface area contributed by atoms with E-state index in [1.807, 2.05) is 6.07 Å². The lowest BCUT2D eigenvalue weighted by atomic mass is 9.94. The van der Waals surface area contributed by atoms with Gasteiger partial charge >= 0.3 is 0 Å². The van der Waals surface area contributed by atoms with Gasteiger partial charge in [0.1, 0.15) is 28.4 Å². The summed E-state index contributed by atoms with van der Waals surface area (Å²) in [7, 11) is 1.49. The van der Waals surface area contributed by atoms with Crippen LogP contribution in [0.1, 0.15) is 37.7 Å². The molecule has 1 aliphatic rings. The maximum atomic E-state index is 13.5. The molecule has 0 unspecified atom stereocenters. The van der Waals surface area contributed by atoms with Gasteiger partial charge in [-0.15, -0.1) is 0 Å². The number of furan rings is 1. The van der Waals surface area contributed by atoms with E-state index in [0.29, 0.717) is 51.3 Å². The Bertz CT molecular complexity index is 1820. The number of hydrogen-bond acceptors (Lipinski definition) is 8. The van der Waals surface area contributed by atoms with Gasteiger partial charge in [0.15, 0.2) is 5.82 Å². The number of halogens is 1. The zero-order valence-corrected chi connectivity index (χ0v) is 22.5. The van der Waals surface area contributed by atoms with Crippen molar-refractivity contribution in [1.82, 2.24) is 15.3 Å². The Hall–Kier alpha value is -5.29. The van der Waals surface area contributed by atoms with Gasteiger partial charge < -0.3 is 30.7 Å². The number of rotatable bonds is 8. The molecular formula is C31H26FN5O5. The molecular weight excluding hydrogens is 541 g/mol. The fourth-order valence-corrected chi connectivity index (χ4v) is 5.06. The summed E-state index contributed by atoms with van der Waals surface area (Å²) < 4.78 is 30.3. The number of hydrogen-bond donors (Lipinski definition) is 3. The number of nitrogens with zero attached hydrogens (tertiary/aromatic N) is 2. The highest BCUT2D eigenvalue weighted by atomic mass is 19.1. The number of amides is 2. The summed E-state index contributed by atoms with van der Waals surface area (Å²) >= 11 is 0. The SMILES string of the molecule is COc1ccc(Cc2cc3c(C(N)=O)c(-c4ccc(F)cc4)oc3cc2N)cc1C(=O)NC1(c2ncccn2)COC1. The van der Waals surface area contributed by atoms with E-state index in [9.17, 15) is 14.0 Å². The molecule has 0 atom stereocenters. The minimum absolute atomic E-state index is 0.170. The summed E-state index contributed by atoms with van der Waals surface area (Å²) in [5, 5.41) is 3.50. The maximum absolute atomic E-state index is 13.5. The molecule has 10 nitrogen and oxygen atoms in total. The van der Waals surface area contributed by atoms with E-state index in [-0.39, 0.29) is 30.4 Å². The summed E-state index contributed by atoms with van der Waals surface area (Å²) in [5.41, 5.74) is 14.5. The highest BCUT2D eigenvalue weighted by Gasteiger charge is 2.45. The Morgan fingerprint density at radius 1 is 1.07 bits per heavy atom. The standard InChI is InChI=1S/C31H26FN5O5/c1-40-24-8-3-17(12-22(24)29(39)37-31(15-41-16-31)30-35-9-2-10-36-30)11-19-13-21-25(14-23(19)33)42-27(26(21)28(34)38)18-4-6-20(32)7-5-18/h2-10,12-14H,11,15-16,33H2,1H3,(H2,34,38)(H,37,39). The van der Waals surface area contributed by atoms with Crippen LogP contribution in [0.3, 0.4) is 0 Å². The summed E-state index contributed by atoms with van der Waals surface area (Å²) in [5.74, 6) is -0.399. The van der Waals surface area contributed by atoms with E-state index in [0.717, 1.165) is 5.56 Å². The van der Waals surface area contributed by atoms with Gasteiger partial charge in [-0.3, -0.25) is 9.59 Å². The number of aromatic nitrogens is 2. The van der Waals surface area contributed by atoms with Crippen LogP contribution in [0.4, 0.5) is 10.1 Å². The Labute approximate surface area is 239 Å². The number of nitrogen functional groups attached to an aromatic ring is 1. The van der Waals surface area contributed by atoms with Crippen LogP contribution < -0.4 is 21.5 Å². The molecule has 5 N–H and O–H groups in total. The van der Waals surface area contributed by atoms with E-state index in [4.69, 9.17) is 25.4 Å². The number of benzene rings is 3. The second kappa shape index (κ2) is 10.6. The van der Waals surface area contributed by atoms with Gasteiger partial charge in [-0.1, -0.05) is 6.07 Å². The van der Waals surface area contributed by atoms with Gasteiger partial charge in [0.25, 0.3) is 11.8 Å². The third-order valence-corrected chi connectivity index (χ3v) is 7.25. The highest BCUT2D eigenvalue weighted by Crippen LogP contribution is 2.37. The molecule has 0 spiro atoms. The van der Waals surface area contributed by atoms with Gasteiger partial charge in [-0.2, -0.15) is 0 Å². The number of carbonyl (C=O) groups excluding carboxylic acids is 2. The van der Waals surface area contributed by atoms with E-state index in [1.54, 1.807) is 42.7 Å². The predicted octanol–water partition coefficient (Wildman–Crippen LogP) is 3.96. The molecule has 0 bridgehead atoms. The van der Waals surface area contributed by atoms with Gasteiger partial charge in [-0.25, -0.2) is 14.4 Å². The van der Waals surface area contributed by atoms with Crippen molar-refractivity contribution in [3.8, 4) is 17.1 Å². The van der Waals surface area contributed by atoms with Crippen molar-refractivity contribution < 1.29 is 27.9 Å². The zero-order chi connectivity index (χ0) is 29.4. The fourth-order valence-electron chi connectivity index (χ4n) is 5.06. The number of nitrogens with two attached hydrogens (primary N) is 2. The third kappa shape index (κ3) is 4.79. The van der Waals surface area contributed by atoms with E-state index in [1.165, 1.54) is 31.4 Å². The number of fused-ring (bicyclic) bond motifs is 1. The molecule has 1 fully saturated rings. The molecule has 3 aromatic carbocycles. The van der Waals surface area contributed by atoms with Gasteiger partial charge in [0.2, 0.25) is 0 Å². The molecule has 0 aliphatic carbocycles. The van der Waals surface area contributed by atoms with E-state index in [2.05, 4.69) is 15.3 Å². The van der Waals surface area contributed by atoms with Crippen molar-refractivity contribution in [2.24, 2.45) is 5.73 Å². The second-order valence-corrected chi connectivity index (χ2v) is 10.0. The first kappa shape index (κ1) is 26.9. The molecule has 0 saturated carbocycles. The zero-order valence-electron chi connectivity index (χ0n) is 22.5. The van der Waals surface area contributed by atoms with Crippen molar-refractivity contribution in [1.29, 1.82) is 0 Å². The molecule has 11 heteroatoms. The quantitative estimate of drug-likeness (QED) is 0.238. The first-order chi connectivity index (χ1) is 20.3. The molecule has 1 saturated heterocycles. The molecule has 0 radical (unpaired) electrons. The first-order valence-corrected chi connectivity index (χ1v) is 13.0. The third-order valence-electron chi connectivity index (χ3n) is 7.25. The number of ether oxygens (including phenoxy) is 2. The van der Waals surface area contributed by atoms with Crippen molar-refractivity contribution >= 4 is 28.5 Å². The summed E-state index contributed by atoms with van der Waals surface area (Å²) in [4.78, 5) is 34.6. The Balaban J connectivity index is 1.34. The van der Waals surface area contributed by atoms with Crippen LogP contribution in [0.15, 0.2) is 77.5 Å². The van der Waals surface area contributed by atoms with Gasteiger partial charge in [-0.05, 0) is 66.1 Å². The summed E-state index contributed by atoms with van der Waals surface area (Å²) in [6.45, 7) is 0.488. The van der Waals surface area contributed by atoms with Crippen molar-refractivity contribution in [3.63, 3.8) is 0 Å². The Morgan fingerprint density at radius 3 is 2.45 bits per heavy atom. The summed E-state index contributed by atoms with van der Waals surface area (Å²) in [6.07, 6.45) is 3.56. The number of nitrogens with one attached hydrogen (secondary N) is 1. The normalized spacial score (nSPS) is 13.9. The molecule has 1 aliphatic heterocycles. The average Bonchev–Trinajstić information content (AvgIpc) is 3.34. The number of primary amides is 1. The molecule has 3 heterocycles. The Kier molecular flexibility index (Phi) is 6.79. The van der Waals surface area contributed by atoms with Crippen LogP contribution in [-0.4, -0.2) is 42.1 Å². The molecule has 2 amide bonds. The minimum Gasteiger partial charge on any atom is -0.496 e. The van der Waals surface area contributed by atoms with Crippen molar-refractivity contribution in [2.75, 3.05) is 26.1 Å². The monoisotopic (exact) mass is 567 g/mol. The molecule has 212 valence electrons. The Morgan fingerprint density at radius 2 is 1.81 bits per heavy atom. The first-order valence-electron chi connectivity index (χ1n) is 13.0. The summed E-state index contributed by atoms with van der Waals surface area (Å²) in [6, 6.07) is 15.9. The number of methoxy groups -OCH3 is 1. The van der Waals surface area contributed by atoms with Crippen molar-refractivity contribution in [3.05, 3.63) is 107 Å². The number of carbonyl (C=O) groups is 2. The molecule has 5 aromatic rings. The lowest BCUT2D eigenvalue weighted by molar-refractivity contribution is -0.0778. The predicted molar refractivity (Wildman–Crippen MR) is 152 cm³/mol. The van der Waals surface area contributed by atoms with Crippen LogP contribution in [0.5, 0.6) is 5.75 Å².